The number of amides is 1. The van der Waals surface area contributed by atoms with Gasteiger partial charge in [0.2, 0.25) is 5.91 Å². The molecule has 0 atom stereocenters. The van der Waals surface area contributed by atoms with Crippen LogP contribution in [0.2, 0.25) is 0 Å². The quantitative estimate of drug-likeness (QED) is 0.744. The second-order valence-electron chi connectivity index (χ2n) is 4.53. The Labute approximate surface area is 100 Å². The molecule has 1 aromatic heterocycles. The number of nitrogens with one attached hydrogen (secondary N) is 2. The maximum absolute atomic E-state index is 11.7. The molecule has 17 heavy (non-hydrogen) atoms. The number of piperidine rings is 1. The fourth-order valence-electron chi connectivity index (χ4n) is 2.56. The van der Waals surface area contributed by atoms with Crippen molar-refractivity contribution in [3.63, 3.8) is 0 Å². The molecule has 3 heterocycles. The Bertz CT molecular complexity index is 428. The number of pyridine rings is 1. The summed E-state index contributed by atoms with van der Waals surface area (Å²) in [7, 11) is 0. The third kappa shape index (κ3) is 1.98. The van der Waals surface area contributed by atoms with E-state index in [0.29, 0.717) is 12.6 Å². The molecule has 0 aromatic carbocycles. The molecule has 0 unspecified atom stereocenters. The first-order chi connectivity index (χ1) is 8.34. The van der Waals surface area contributed by atoms with Crippen LogP contribution in [0.3, 0.4) is 0 Å². The van der Waals surface area contributed by atoms with Crippen LogP contribution in [0.25, 0.3) is 0 Å². The van der Waals surface area contributed by atoms with Crippen LogP contribution in [0.1, 0.15) is 12.8 Å². The molecule has 2 aliphatic rings. The summed E-state index contributed by atoms with van der Waals surface area (Å²) in [4.78, 5) is 18.2. The number of nitrogens with zero attached hydrogens (tertiary/aromatic N) is 2. The van der Waals surface area contributed by atoms with E-state index < -0.39 is 0 Å². The molecule has 1 fully saturated rings. The second-order valence-corrected chi connectivity index (χ2v) is 4.53. The summed E-state index contributed by atoms with van der Waals surface area (Å²) in [5.41, 5.74) is 0.835. The summed E-state index contributed by atoms with van der Waals surface area (Å²) >= 11 is 0. The normalized spacial score (nSPS) is 20.9. The molecule has 0 radical (unpaired) electrons. The Balaban J connectivity index is 1.91. The lowest BCUT2D eigenvalue weighted by Crippen LogP contribution is -2.49. The van der Waals surface area contributed by atoms with E-state index in [4.69, 9.17) is 0 Å². The maximum Gasteiger partial charge on any atom is 0.244 e. The largest absolute Gasteiger partial charge is 0.342 e. The summed E-state index contributed by atoms with van der Waals surface area (Å²) < 4.78 is 0. The van der Waals surface area contributed by atoms with Gasteiger partial charge in [-0.15, -0.1) is 0 Å². The minimum atomic E-state index is 0.0593. The predicted octanol–water partition coefficient (Wildman–Crippen LogP) is 0.592. The van der Waals surface area contributed by atoms with E-state index in [9.17, 15) is 4.79 Å². The lowest BCUT2D eigenvalue weighted by Gasteiger charge is -2.38. The predicted molar refractivity (Wildman–Crippen MR) is 66.1 cm³/mol. The highest BCUT2D eigenvalue weighted by Gasteiger charge is 2.29. The van der Waals surface area contributed by atoms with Gasteiger partial charge >= 0.3 is 0 Å². The van der Waals surface area contributed by atoms with E-state index in [1.165, 1.54) is 0 Å². The van der Waals surface area contributed by atoms with Crippen molar-refractivity contribution in [3.05, 3.63) is 18.3 Å². The van der Waals surface area contributed by atoms with Gasteiger partial charge in [-0.25, -0.2) is 4.98 Å². The zero-order valence-electron chi connectivity index (χ0n) is 9.65. The topological polar surface area (TPSA) is 57.3 Å². The van der Waals surface area contributed by atoms with Gasteiger partial charge in [0.05, 0.1) is 12.2 Å². The average molecular weight is 232 g/mol. The summed E-state index contributed by atoms with van der Waals surface area (Å²) in [5.74, 6) is 0.975. The van der Waals surface area contributed by atoms with Gasteiger partial charge in [-0.2, -0.15) is 0 Å². The van der Waals surface area contributed by atoms with Crippen molar-refractivity contribution in [1.82, 2.24) is 10.3 Å². The number of fused-ring (bicyclic) bond motifs is 1. The van der Waals surface area contributed by atoms with E-state index in [1.807, 2.05) is 12.1 Å². The fraction of sp³-hybridized carbons (Fsp3) is 0.500. The number of carbonyl (C=O) groups excluding carboxylic acids is 1. The molecule has 1 aromatic rings. The van der Waals surface area contributed by atoms with Crippen LogP contribution in [-0.2, 0) is 4.79 Å². The highest BCUT2D eigenvalue weighted by molar-refractivity contribution is 6.00. The van der Waals surface area contributed by atoms with Crippen LogP contribution in [0.15, 0.2) is 18.3 Å². The SMILES string of the molecule is O=C1CN(C2CCNCC2)c2ncccc2N1. The van der Waals surface area contributed by atoms with Gasteiger partial charge in [0.15, 0.2) is 5.82 Å². The smallest absolute Gasteiger partial charge is 0.244 e. The van der Waals surface area contributed by atoms with Gasteiger partial charge in [0.1, 0.15) is 0 Å². The van der Waals surface area contributed by atoms with Crippen LogP contribution >= 0.6 is 0 Å². The highest BCUT2D eigenvalue weighted by atomic mass is 16.2. The van der Waals surface area contributed by atoms with E-state index >= 15 is 0 Å². The molecule has 5 nitrogen and oxygen atoms in total. The first-order valence-electron chi connectivity index (χ1n) is 6.07. The summed E-state index contributed by atoms with van der Waals surface area (Å²) in [6.07, 6.45) is 3.93. The number of carbonyl (C=O) groups is 1. The van der Waals surface area contributed by atoms with Gasteiger partial charge in [-0.05, 0) is 38.1 Å². The van der Waals surface area contributed by atoms with Crippen LogP contribution in [0.5, 0.6) is 0 Å². The molecule has 5 heteroatoms. The van der Waals surface area contributed by atoms with E-state index in [1.54, 1.807) is 6.20 Å². The third-order valence-electron chi connectivity index (χ3n) is 3.40. The van der Waals surface area contributed by atoms with Crippen molar-refractivity contribution in [3.8, 4) is 0 Å². The molecule has 1 saturated heterocycles. The first kappa shape index (κ1) is 10.5. The molecular formula is C12H16N4O. The van der Waals surface area contributed by atoms with E-state index in [2.05, 4.69) is 20.5 Å². The summed E-state index contributed by atoms with van der Waals surface area (Å²) in [5, 5.41) is 6.21. The van der Waals surface area contributed by atoms with Crippen molar-refractivity contribution >= 4 is 17.4 Å². The highest BCUT2D eigenvalue weighted by Crippen LogP contribution is 2.29. The Morgan fingerprint density at radius 3 is 3.00 bits per heavy atom. The molecular weight excluding hydrogens is 216 g/mol. The van der Waals surface area contributed by atoms with Crippen LogP contribution in [0, 0.1) is 0 Å². The molecule has 90 valence electrons. The van der Waals surface area contributed by atoms with Gasteiger partial charge in [0, 0.05) is 12.2 Å². The van der Waals surface area contributed by atoms with Crippen molar-refractivity contribution in [1.29, 1.82) is 0 Å². The van der Waals surface area contributed by atoms with Crippen molar-refractivity contribution < 1.29 is 4.79 Å². The Hall–Kier alpha value is -1.62. The lowest BCUT2D eigenvalue weighted by atomic mass is 10.0. The van der Waals surface area contributed by atoms with Gasteiger partial charge in [0.25, 0.3) is 0 Å². The molecule has 2 N–H and O–H groups in total. The monoisotopic (exact) mass is 232 g/mol. The standard InChI is InChI=1S/C12H16N4O/c17-11-8-16(9-3-6-13-7-4-9)12-10(15-11)2-1-5-14-12/h1-2,5,9,13H,3-4,6-8H2,(H,15,17). The molecule has 0 aliphatic carbocycles. The number of rotatable bonds is 1. The average Bonchev–Trinajstić information content (AvgIpc) is 2.39. The van der Waals surface area contributed by atoms with Crippen molar-refractivity contribution in [2.24, 2.45) is 0 Å². The summed E-state index contributed by atoms with van der Waals surface area (Å²) in [6, 6.07) is 4.19. The Morgan fingerprint density at radius 2 is 2.18 bits per heavy atom. The fourth-order valence-corrected chi connectivity index (χ4v) is 2.56. The number of aromatic nitrogens is 1. The Kier molecular flexibility index (Phi) is 2.68. The van der Waals surface area contributed by atoms with Crippen LogP contribution in [-0.4, -0.2) is 36.6 Å². The second kappa shape index (κ2) is 4.33. The molecule has 0 spiro atoms. The van der Waals surface area contributed by atoms with Gasteiger partial charge in [-0.3, -0.25) is 4.79 Å². The minimum Gasteiger partial charge on any atom is -0.342 e. The van der Waals surface area contributed by atoms with Gasteiger partial charge in [-0.1, -0.05) is 0 Å². The zero-order valence-corrected chi connectivity index (χ0v) is 9.65. The molecule has 0 saturated carbocycles. The van der Waals surface area contributed by atoms with Gasteiger partial charge < -0.3 is 15.5 Å². The van der Waals surface area contributed by atoms with Crippen LogP contribution < -0.4 is 15.5 Å². The first-order valence-corrected chi connectivity index (χ1v) is 6.07. The number of hydrogen-bond donors (Lipinski definition) is 2. The van der Waals surface area contributed by atoms with Crippen LogP contribution in [0.4, 0.5) is 11.5 Å². The maximum atomic E-state index is 11.7. The molecule has 0 bridgehead atoms. The molecule has 3 rings (SSSR count). The zero-order chi connectivity index (χ0) is 11.7. The lowest BCUT2D eigenvalue weighted by molar-refractivity contribution is -0.115. The van der Waals surface area contributed by atoms with E-state index in [0.717, 1.165) is 37.4 Å². The molecule has 2 aliphatic heterocycles. The minimum absolute atomic E-state index is 0.0593. The van der Waals surface area contributed by atoms with Crippen molar-refractivity contribution in [2.75, 3.05) is 29.9 Å². The molecule has 1 amide bonds. The van der Waals surface area contributed by atoms with E-state index in [-0.39, 0.29) is 5.91 Å². The summed E-state index contributed by atoms with van der Waals surface area (Å²) in [6.45, 7) is 2.46. The third-order valence-corrected chi connectivity index (χ3v) is 3.40. The number of hydrogen-bond acceptors (Lipinski definition) is 4. The Morgan fingerprint density at radius 1 is 1.35 bits per heavy atom. The number of anilines is 2. The van der Waals surface area contributed by atoms with Crippen molar-refractivity contribution in [2.45, 2.75) is 18.9 Å².